The van der Waals surface area contributed by atoms with Crippen molar-refractivity contribution in [3.05, 3.63) is 0 Å². The Balaban J connectivity index is 4.19. The predicted octanol–water partition coefficient (Wildman–Crippen LogP) is 1.65. The molecule has 0 aromatic carbocycles. The van der Waals surface area contributed by atoms with Crippen molar-refractivity contribution in [2.24, 2.45) is 11.3 Å². The lowest BCUT2D eigenvalue weighted by Gasteiger charge is -2.27. The highest BCUT2D eigenvalue weighted by atomic mass is 16.2. The van der Waals surface area contributed by atoms with Gasteiger partial charge in [0.05, 0.1) is 0 Å². The van der Waals surface area contributed by atoms with E-state index in [1.807, 2.05) is 27.9 Å². The standard InChI is InChI=1S/C10H22N2O/c1-8(2)7-10(3,4)9(13)11-12(5)6/h8H,7H2,1-6H3,(H,11,13). The fourth-order valence-electron chi connectivity index (χ4n) is 1.47. The number of hydrazine groups is 1. The molecule has 0 aliphatic rings. The van der Waals surface area contributed by atoms with Crippen LogP contribution in [0.15, 0.2) is 0 Å². The minimum absolute atomic E-state index is 0.0891. The topological polar surface area (TPSA) is 32.3 Å². The molecule has 0 atom stereocenters. The van der Waals surface area contributed by atoms with Crippen molar-refractivity contribution in [3.63, 3.8) is 0 Å². The summed E-state index contributed by atoms with van der Waals surface area (Å²) in [6, 6.07) is 0. The maximum Gasteiger partial charge on any atom is 0.239 e. The Hall–Kier alpha value is -0.570. The summed E-state index contributed by atoms with van der Waals surface area (Å²) in [5, 5.41) is 1.68. The molecular weight excluding hydrogens is 164 g/mol. The average molecular weight is 186 g/mol. The van der Waals surface area contributed by atoms with Gasteiger partial charge in [-0.25, -0.2) is 5.01 Å². The number of hydrogen-bond donors (Lipinski definition) is 1. The van der Waals surface area contributed by atoms with Crippen LogP contribution in [0.25, 0.3) is 0 Å². The lowest BCUT2D eigenvalue weighted by Crippen LogP contribution is -2.44. The van der Waals surface area contributed by atoms with Crippen LogP contribution in [-0.2, 0) is 4.79 Å². The lowest BCUT2D eigenvalue weighted by molar-refractivity contribution is -0.134. The fraction of sp³-hybridized carbons (Fsp3) is 0.900. The molecule has 0 saturated carbocycles. The van der Waals surface area contributed by atoms with Crippen molar-refractivity contribution in [1.29, 1.82) is 0 Å². The highest BCUT2D eigenvalue weighted by molar-refractivity contribution is 5.81. The first kappa shape index (κ1) is 12.4. The Morgan fingerprint density at radius 1 is 1.38 bits per heavy atom. The second-order valence-corrected chi connectivity index (χ2v) is 4.82. The first-order valence-corrected chi connectivity index (χ1v) is 4.74. The molecule has 0 aliphatic heterocycles. The summed E-state index contributed by atoms with van der Waals surface area (Å²) in [5.41, 5.74) is 2.50. The molecule has 0 aliphatic carbocycles. The molecule has 78 valence electrons. The first-order valence-electron chi connectivity index (χ1n) is 4.74. The van der Waals surface area contributed by atoms with E-state index >= 15 is 0 Å². The Labute approximate surface area is 81.5 Å². The van der Waals surface area contributed by atoms with Crippen molar-refractivity contribution < 1.29 is 4.79 Å². The van der Waals surface area contributed by atoms with Crippen LogP contribution < -0.4 is 5.43 Å². The highest BCUT2D eigenvalue weighted by Crippen LogP contribution is 2.25. The Morgan fingerprint density at radius 3 is 2.15 bits per heavy atom. The molecule has 0 fully saturated rings. The summed E-state index contributed by atoms with van der Waals surface area (Å²) in [4.78, 5) is 11.7. The number of hydrogen-bond acceptors (Lipinski definition) is 2. The maximum atomic E-state index is 11.7. The predicted molar refractivity (Wildman–Crippen MR) is 55.1 cm³/mol. The molecule has 0 unspecified atom stereocenters. The number of carbonyl (C=O) groups is 1. The van der Waals surface area contributed by atoms with Crippen LogP contribution in [0.1, 0.15) is 34.1 Å². The summed E-state index contributed by atoms with van der Waals surface area (Å²) >= 11 is 0. The number of nitrogens with one attached hydrogen (secondary N) is 1. The van der Waals surface area contributed by atoms with E-state index in [1.165, 1.54) is 0 Å². The lowest BCUT2D eigenvalue weighted by atomic mass is 9.83. The zero-order valence-electron chi connectivity index (χ0n) is 9.64. The summed E-state index contributed by atoms with van der Waals surface area (Å²) in [5.74, 6) is 0.633. The zero-order valence-corrected chi connectivity index (χ0v) is 9.64. The first-order chi connectivity index (χ1) is 5.75. The molecule has 0 heterocycles. The molecular formula is C10H22N2O. The van der Waals surface area contributed by atoms with Gasteiger partial charge in [-0.3, -0.25) is 10.2 Å². The third kappa shape index (κ3) is 4.88. The maximum absolute atomic E-state index is 11.7. The van der Waals surface area contributed by atoms with Gasteiger partial charge < -0.3 is 0 Å². The molecule has 1 N–H and O–H groups in total. The van der Waals surface area contributed by atoms with Gasteiger partial charge in [-0.15, -0.1) is 0 Å². The van der Waals surface area contributed by atoms with E-state index in [4.69, 9.17) is 0 Å². The van der Waals surface area contributed by atoms with Crippen molar-refractivity contribution in [1.82, 2.24) is 10.4 Å². The molecule has 3 heteroatoms. The Kier molecular flexibility index (Phi) is 4.40. The minimum Gasteiger partial charge on any atom is -0.289 e. The van der Waals surface area contributed by atoms with Gasteiger partial charge in [0, 0.05) is 19.5 Å². The molecule has 0 saturated heterocycles. The summed E-state index contributed by atoms with van der Waals surface area (Å²) < 4.78 is 0. The van der Waals surface area contributed by atoms with E-state index in [-0.39, 0.29) is 11.3 Å². The van der Waals surface area contributed by atoms with Crippen molar-refractivity contribution in [2.45, 2.75) is 34.1 Å². The highest BCUT2D eigenvalue weighted by Gasteiger charge is 2.28. The van der Waals surface area contributed by atoms with Crippen molar-refractivity contribution >= 4 is 5.91 Å². The second-order valence-electron chi connectivity index (χ2n) is 4.82. The molecule has 0 aromatic heterocycles. The van der Waals surface area contributed by atoms with Crippen LogP contribution in [0.4, 0.5) is 0 Å². The zero-order chi connectivity index (χ0) is 10.6. The SMILES string of the molecule is CC(C)CC(C)(C)C(=O)NN(C)C. The fourth-order valence-corrected chi connectivity index (χ4v) is 1.47. The minimum atomic E-state index is -0.279. The van der Waals surface area contributed by atoms with Gasteiger partial charge in [0.25, 0.3) is 0 Å². The molecule has 0 radical (unpaired) electrons. The van der Waals surface area contributed by atoms with Crippen LogP contribution >= 0.6 is 0 Å². The number of nitrogens with zero attached hydrogens (tertiary/aromatic N) is 1. The second kappa shape index (κ2) is 4.61. The van der Waals surface area contributed by atoms with Gasteiger partial charge in [-0.05, 0) is 12.3 Å². The Bertz CT molecular complexity index is 174. The monoisotopic (exact) mass is 186 g/mol. The van der Waals surface area contributed by atoms with Gasteiger partial charge in [-0.2, -0.15) is 0 Å². The third-order valence-electron chi connectivity index (χ3n) is 1.86. The van der Waals surface area contributed by atoms with Crippen LogP contribution in [0, 0.1) is 11.3 Å². The van der Waals surface area contributed by atoms with E-state index in [0.29, 0.717) is 5.92 Å². The summed E-state index contributed by atoms with van der Waals surface area (Å²) in [6.07, 6.45) is 0.909. The van der Waals surface area contributed by atoms with E-state index in [1.54, 1.807) is 5.01 Å². The van der Waals surface area contributed by atoms with Gasteiger partial charge >= 0.3 is 0 Å². The molecule has 3 nitrogen and oxygen atoms in total. The normalized spacial score (nSPS) is 12.3. The molecule has 13 heavy (non-hydrogen) atoms. The summed E-state index contributed by atoms with van der Waals surface area (Å²) in [7, 11) is 3.65. The number of rotatable bonds is 4. The molecule has 1 amide bonds. The van der Waals surface area contributed by atoms with Gasteiger partial charge in [0.15, 0.2) is 0 Å². The van der Waals surface area contributed by atoms with Crippen LogP contribution in [0.5, 0.6) is 0 Å². The van der Waals surface area contributed by atoms with Gasteiger partial charge in [0.1, 0.15) is 0 Å². The van der Waals surface area contributed by atoms with Crippen molar-refractivity contribution in [2.75, 3.05) is 14.1 Å². The number of carbonyl (C=O) groups excluding carboxylic acids is 1. The van der Waals surface area contributed by atoms with Gasteiger partial charge in [-0.1, -0.05) is 27.7 Å². The van der Waals surface area contributed by atoms with Crippen LogP contribution in [0.2, 0.25) is 0 Å². The molecule has 0 rings (SSSR count). The quantitative estimate of drug-likeness (QED) is 0.677. The third-order valence-corrected chi connectivity index (χ3v) is 1.86. The van der Waals surface area contributed by atoms with Crippen LogP contribution in [0.3, 0.4) is 0 Å². The van der Waals surface area contributed by atoms with E-state index < -0.39 is 0 Å². The molecule has 0 spiro atoms. The number of amides is 1. The molecule has 0 aromatic rings. The van der Waals surface area contributed by atoms with Gasteiger partial charge in [0.2, 0.25) is 5.91 Å². The van der Waals surface area contributed by atoms with Crippen molar-refractivity contribution in [3.8, 4) is 0 Å². The van der Waals surface area contributed by atoms with E-state index in [9.17, 15) is 4.79 Å². The Morgan fingerprint density at radius 2 is 1.85 bits per heavy atom. The van der Waals surface area contributed by atoms with E-state index in [0.717, 1.165) is 6.42 Å². The van der Waals surface area contributed by atoms with Crippen LogP contribution in [-0.4, -0.2) is 25.0 Å². The largest absolute Gasteiger partial charge is 0.289 e. The summed E-state index contributed by atoms with van der Waals surface area (Å²) in [6.45, 7) is 8.22. The average Bonchev–Trinajstić information content (AvgIpc) is 1.81. The smallest absolute Gasteiger partial charge is 0.239 e. The molecule has 0 bridgehead atoms. The van der Waals surface area contributed by atoms with E-state index in [2.05, 4.69) is 19.3 Å².